The summed E-state index contributed by atoms with van der Waals surface area (Å²) in [5.74, 6) is 1.13. The number of allylic oxidation sites excluding steroid dienone is 1. The first-order valence-electron chi connectivity index (χ1n) is 4.06. The second-order valence-electron chi connectivity index (χ2n) is 3.34. The monoisotopic (exact) mass is 138 g/mol. The summed E-state index contributed by atoms with van der Waals surface area (Å²) in [6.07, 6.45) is 6.74. The molecule has 0 aliphatic heterocycles. The summed E-state index contributed by atoms with van der Waals surface area (Å²) in [7, 11) is 1.87. The van der Waals surface area contributed by atoms with Gasteiger partial charge in [0.25, 0.3) is 0 Å². The molecule has 2 heteroatoms. The van der Waals surface area contributed by atoms with E-state index in [1.807, 2.05) is 7.85 Å². The third-order valence-corrected chi connectivity index (χ3v) is 2.26. The van der Waals surface area contributed by atoms with Crippen LogP contribution in [0.2, 0.25) is 0 Å². The Morgan fingerprint density at radius 3 is 2.60 bits per heavy atom. The van der Waals surface area contributed by atoms with Crippen molar-refractivity contribution in [1.82, 2.24) is 0 Å². The summed E-state index contributed by atoms with van der Waals surface area (Å²) in [4.78, 5) is 0. The van der Waals surface area contributed by atoms with Gasteiger partial charge in [-0.3, -0.25) is 0 Å². The maximum absolute atomic E-state index is 9.21. The Bertz CT molecular complexity index is 131. The van der Waals surface area contributed by atoms with Crippen molar-refractivity contribution in [3.05, 3.63) is 12.2 Å². The fourth-order valence-corrected chi connectivity index (χ4v) is 1.38. The standard InChI is InChI=1S/C8H15BO/c1-6-2-4-7(5-3-6)8(9)10/h2,4,6-8,10H,3,5,9H2,1H3/t6-,7?,8?/m0/s1. The van der Waals surface area contributed by atoms with Crippen LogP contribution in [0.25, 0.3) is 0 Å². The third-order valence-electron chi connectivity index (χ3n) is 2.26. The van der Waals surface area contributed by atoms with Crippen molar-refractivity contribution < 1.29 is 5.11 Å². The molecule has 0 radical (unpaired) electrons. The first kappa shape index (κ1) is 7.87. The van der Waals surface area contributed by atoms with Crippen molar-refractivity contribution in [2.45, 2.75) is 25.8 Å². The van der Waals surface area contributed by atoms with E-state index < -0.39 is 0 Å². The second kappa shape index (κ2) is 3.24. The van der Waals surface area contributed by atoms with Gasteiger partial charge in [-0.1, -0.05) is 19.1 Å². The van der Waals surface area contributed by atoms with Crippen LogP contribution in [0.1, 0.15) is 19.8 Å². The van der Waals surface area contributed by atoms with Crippen LogP contribution in [-0.4, -0.2) is 19.0 Å². The maximum Gasteiger partial charge on any atom is 0.139 e. The average molecular weight is 138 g/mol. The van der Waals surface area contributed by atoms with E-state index in [0.29, 0.717) is 5.92 Å². The van der Waals surface area contributed by atoms with Crippen LogP contribution in [0.5, 0.6) is 0 Å². The Kier molecular flexibility index (Phi) is 2.55. The van der Waals surface area contributed by atoms with Crippen molar-refractivity contribution in [1.29, 1.82) is 0 Å². The van der Waals surface area contributed by atoms with Crippen molar-refractivity contribution >= 4 is 7.85 Å². The van der Waals surface area contributed by atoms with E-state index in [9.17, 15) is 5.11 Å². The molecule has 0 aromatic carbocycles. The molecule has 0 amide bonds. The molecule has 0 aromatic rings. The summed E-state index contributed by atoms with van der Waals surface area (Å²) in [5.41, 5.74) is 0. The zero-order valence-electron chi connectivity index (χ0n) is 6.75. The minimum atomic E-state index is -0.163. The van der Waals surface area contributed by atoms with Gasteiger partial charge in [0.2, 0.25) is 0 Å². The quantitative estimate of drug-likeness (QED) is 0.414. The lowest BCUT2D eigenvalue weighted by Crippen LogP contribution is -2.21. The molecule has 0 spiro atoms. The van der Waals surface area contributed by atoms with Gasteiger partial charge in [-0.15, -0.1) is 0 Å². The summed E-state index contributed by atoms with van der Waals surface area (Å²) in [5, 5.41) is 9.21. The first-order valence-corrected chi connectivity index (χ1v) is 4.06. The van der Waals surface area contributed by atoms with Crippen LogP contribution in [0.3, 0.4) is 0 Å². The van der Waals surface area contributed by atoms with E-state index in [1.54, 1.807) is 0 Å². The van der Waals surface area contributed by atoms with E-state index in [4.69, 9.17) is 0 Å². The molecule has 1 aliphatic carbocycles. The van der Waals surface area contributed by atoms with Gasteiger partial charge >= 0.3 is 0 Å². The Morgan fingerprint density at radius 2 is 2.20 bits per heavy atom. The topological polar surface area (TPSA) is 20.2 Å². The Hall–Kier alpha value is -0.235. The molecule has 0 saturated heterocycles. The van der Waals surface area contributed by atoms with E-state index in [-0.39, 0.29) is 6.00 Å². The molecule has 56 valence electrons. The van der Waals surface area contributed by atoms with Gasteiger partial charge < -0.3 is 5.11 Å². The molecule has 1 aliphatic rings. The van der Waals surface area contributed by atoms with E-state index in [1.165, 1.54) is 6.42 Å². The van der Waals surface area contributed by atoms with Crippen LogP contribution in [0.4, 0.5) is 0 Å². The highest BCUT2D eigenvalue weighted by Crippen LogP contribution is 2.22. The molecule has 0 aromatic heterocycles. The minimum absolute atomic E-state index is 0.163. The fourth-order valence-electron chi connectivity index (χ4n) is 1.38. The number of hydrogen-bond acceptors (Lipinski definition) is 1. The number of rotatable bonds is 1. The lowest BCUT2D eigenvalue weighted by atomic mass is 9.79. The molecule has 3 atom stereocenters. The number of aliphatic hydroxyl groups is 1. The van der Waals surface area contributed by atoms with Gasteiger partial charge in [0.05, 0.1) is 0 Å². The average Bonchev–Trinajstić information content (AvgIpc) is 1.88. The molecular formula is C8H15BO. The van der Waals surface area contributed by atoms with E-state index >= 15 is 0 Å². The Labute approximate surface area is 63.5 Å². The van der Waals surface area contributed by atoms with Gasteiger partial charge in [0.15, 0.2) is 0 Å². The van der Waals surface area contributed by atoms with Crippen LogP contribution in [0.15, 0.2) is 12.2 Å². The Morgan fingerprint density at radius 1 is 1.50 bits per heavy atom. The number of hydrogen-bond donors (Lipinski definition) is 1. The van der Waals surface area contributed by atoms with Gasteiger partial charge in [0, 0.05) is 6.00 Å². The zero-order valence-corrected chi connectivity index (χ0v) is 6.75. The van der Waals surface area contributed by atoms with Crippen molar-refractivity contribution in [2.75, 3.05) is 0 Å². The molecule has 0 bridgehead atoms. The van der Waals surface area contributed by atoms with Crippen LogP contribution in [-0.2, 0) is 0 Å². The highest BCUT2D eigenvalue weighted by atomic mass is 16.3. The van der Waals surface area contributed by atoms with Crippen molar-refractivity contribution in [3.8, 4) is 0 Å². The highest BCUT2D eigenvalue weighted by Gasteiger charge is 2.15. The predicted molar refractivity (Wildman–Crippen MR) is 45.6 cm³/mol. The van der Waals surface area contributed by atoms with E-state index in [0.717, 1.165) is 12.3 Å². The van der Waals surface area contributed by atoms with Crippen molar-refractivity contribution in [2.24, 2.45) is 11.8 Å². The molecule has 0 heterocycles. The van der Waals surface area contributed by atoms with Gasteiger partial charge in [0.1, 0.15) is 7.85 Å². The first-order chi connectivity index (χ1) is 4.70. The fraction of sp³-hybridized carbons (Fsp3) is 0.750. The summed E-state index contributed by atoms with van der Waals surface area (Å²) in [6.45, 7) is 2.22. The van der Waals surface area contributed by atoms with Crippen LogP contribution in [0, 0.1) is 11.8 Å². The smallest absolute Gasteiger partial charge is 0.139 e. The predicted octanol–water partition coefficient (Wildman–Crippen LogP) is 0.540. The molecular weight excluding hydrogens is 123 g/mol. The van der Waals surface area contributed by atoms with Crippen LogP contribution < -0.4 is 0 Å². The third kappa shape index (κ3) is 1.88. The molecule has 0 fully saturated rings. The maximum atomic E-state index is 9.21. The lowest BCUT2D eigenvalue weighted by molar-refractivity contribution is 0.194. The summed E-state index contributed by atoms with van der Waals surface area (Å²) >= 11 is 0. The van der Waals surface area contributed by atoms with Gasteiger partial charge in [-0.2, -0.15) is 0 Å². The second-order valence-corrected chi connectivity index (χ2v) is 3.34. The zero-order chi connectivity index (χ0) is 7.56. The minimum Gasteiger partial charge on any atom is -0.402 e. The normalized spacial score (nSPS) is 35.8. The SMILES string of the molecule is BC(O)C1C=C[C@H](C)CC1. The highest BCUT2D eigenvalue weighted by molar-refractivity contribution is 6.11. The molecule has 10 heavy (non-hydrogen) atoms. The van der Waals surface area contributed by atoms with Crippen LogP contribution >= 0.6 is 0 Å². The molecule has 2 unspecified atom stereocenters. The van der Waals surface area contributed by atoms with Crippen molar-refractivity contribution in [3.63, 3.8) is 0 Å². The largest absolute Gasteiger partial charge is 0.402 e. The number of aliphatic hydroxyl groups excluding tert-OH is 1. The lowest BCUT2D eigenvalue weighted by Gasteiger charge is -2.22. The van der Waals surface area contributed by atoms with E-state index in [2.05, 4.69) is 19.1 Å². The molecule has 1 nitrogen and oxygen atoms in total. The molecule has 1 N–H and O–H groups in total. The van der Waals surface area contributed by atoms with Gasteiger partial charge in [-0.05, 0) is 24.7 Å². The molecule has 0 saturated carbocycles. The molecule has 1 rings (SSSR count). The summed E-state index contributed by atoms with van der Waals surface area (Å²) < 4.78 is 0. The summed E-state index contributed by atoms with van der Waals surface area (Å²) in [6, 6.07) is -0.163. The van der Waals surface area contributed by atoms with Gasteiger partial charge in [-0.25, -0.2) is 0 Å². The Balaban J connectivity index is 2.45.